The van der Waals surface area contributed by atoms with E-state index in [1.807, 2.05) is 31.7 Å². The molecule has 5 N–H and O–H groups in total. The third-order valence-electron chi connectivity index (χ3n) is 15.3. The molecule has 12 nitrogen and oxygen atoms in total. The number of hydrogen-bond donors (Lipinski definition) is 5. The molecule has 0 radical (unpaired) electrons. The number of ether oxygens (including phenoxy) is 3. The first kappa shape index (κ1) is 35.6. The summed E-state index contributed by atoms with van der Waals surface area (Å²) in [4.78, 5) is 51.1. The maximum Gasteiger partial charge on any atom is 0.334 e. The maximum absolute atomic E-state index is 13.5. The van der Waals surface area contributed by atoms with Crippen molar-refractivity contribution in [2.75, 3.05) is 12.4 Å². The van der Waals surface area contributed by atoms with E-state index in [1.54, 1.807) is 13.0 Å². The molecule has 13 atom stereocenters. The van der Waals surface area contributed by atoms with Gasteiger partial charge in [-0.15, -0.1) is 0 Å². The molecule has 1 spiro atoms. The molecular formula is C38H52N2O10S. The second-order valence-corrected chi connectivity index (χ2v) is 18.5. The van der Waals surface area contributed by atoms with Crippen molar-refractivity contribution in [2.45, 2.75) is 150 Å². The molecule has 3 saturated carbocycles. The summed E-state index contributed by atoms with van der Waals surface area (Å²) in [6.07, 6.45) is 7.41. The smallest absolute Gasteiger partial charge is 0.334 e. The predicted octanol–water partition coefficient (Wildman–Crippen LogP) is 3.00. The number of esters is 2. The summed E-state index contributed by atoms with van der Waals surface area (Å²) >= 11 is 1.84. The fourth-order valence-electron chi connectivity index (χ4n) is 11.9. The molecule has 4 unspecified atom stereocenters. The van der Waals surface area contributed by atoms with Gasteiger partial charge in [-0.05, 0) is 95.6 Å². The fourth-order valence-corrected chi connectivity index (χ4v) is 13.5. The number of amides is 2. The van der Waals surface area contributed by atoms with Gasteiger partial charge >= 0.3 is 18.0 Å². The minimum Gasteiger partial charge on any atom is -0.461 e. The van der Waals surface area contributed by atoms with Crippen molar-refractivity contribution in [3.8, 4) is 0 Å². The predicted molar refractivity (Wildman–Crippen MR) is 185 cm³/mol. The Labute approximate surface area is 302 Å². The van der Waals surface area contributed by atoms with Crippen LogP contribution in [-0.2, 0) is 28.6 Å². The molecule has 0 aromatic carbocycles. The molecule has 0 aromatic rings. The molecule has 0 bridgehead atoms. The van der Waals surface area contributed by atoms with Gasteiger partial charge in [0.15, 0.2) is 5.78 Å². The second kappa shape index (κ2) is 11.8. The number of hydrogen-bond acceptors (Lipinski definition) is 11. The molecule has 4 heterocycles. The number of ketones is 1. The lowest BCUT2D eigenvalue weighted by atomic mass is 9.42. The zero-order valence-corrected chi connectivity index (χ0v) is 30.8. The molecular weight excluding hydrogens is 676 g/mol. The number of fused-ring (bicyclic) bond motifs is 5. The number of allylic oxidation sites excluding steroid dienone is 1. The van der Waals surface area contributed by atoms with E-state index in [-0.39, 0.29) is 80.1 Å². The monoisotopic (exact) mass is 728 g/mol. The minimum atomic E-state index is -1.96. The summed E-state index contributed by atoms with van der Waals surface area (Å²) in [6.45, 7) is 6.80. The minimum absolute atomic E-state index is 0.0298. The lowest BCUT2D eigenvalue weighted by Crippen LogP contribution is -2.73. The number of aliphatic hydroxyl groups is 3. The highest BCUT2D eigenvalue weighted by atomic mass is 32.2. The highest BCUT2D eigenvalue weighted by molar-refractivity contribution is 8.00. The third-order valence-corrected chi connectivity index (χ3v) is 16.9. The first-order valence-electron chi connectivity index (χ1n) is 18.8. The molecule has 8 aliphatic rings. The highest BCUT2D eigenvalue weighted by Crippen LogP contribution is 2.75. The zero-order valence-electron chi connectivity index (χ0n) is 30.0. The average Bonchev–Trinajstić information content (AvgIpc) is 3.37. The van der Waals surface area contributed by atoms with Gasteiger partial charge < -0.3 is 40.2 Å². The number of urea groups is 1. The average molecular weight is 729 g/mol. The number of nitrogens with one attached hydrogen (secondary N) is 2. The highest BCUT2D eigenvalue weighted by Gasteiger charge is 2.82. The van der Waals surface area contributed by atoms with E-state index in [4.69, 9.17) is 14.2 Å². The van der Waals surface area contributed by atoms with Gasteiger partial charge in [-0.1, -0.05) is 19.4 Å². The molecule has 4 aliphatic heterocycles. The maximum atomic E-state index is 13.5. The number of rotatable bonds is 9. The van der Waals surface area contributed by atoms with Crippen molar-refractivity contribution in [2.24, 2.45) is 22.7 Å². The van der Waals surface area contributed by atoms with Crippen LogP contribution in [0.4, 0.5) is 4.79 Å². The zero-order chi connectivity index (χ0) is 36.4. The summed E-state index contributed by atoms with van der Waals surface area (Å²) in [6, 6.07) is 0.167. The van der Waals surface area contributed by atoms with E-state index in [1.165, 1.54) is 6.92 Å². The number of thioether (sulfide) groups is 1. The molecule has 4 aliphatic carbocycles. The van der Waals surface area contributed by atoms with Gasteiger partial charge in [-0.2, -0.15) is 11.8 Å². The van der Waals surface area contributed by atoms with Crippen molar-refractivity contribution >= 4 is 35.5 Å². The van der Waals surface area contributed by atoms with Crippen LogP contribution in [0.2, 0.25) is 0 Å². The topological polar surface area (TPSA) is 184 Å². The molecule has 6 fully saturated rings. The number of epoxide rings is 1. The van der Waals surface area contributed by atoms with Crippen LogP contribution < -0.4 is 10.6 Å². The van der Waals surface area contributed by atoms with Crippen LogP contribution in [0.5, 0.6) is 0 Å². The van der Waals surface area contributed by atoms with Crippen LogP contribution in [0.25, 0.3) is 0 Å². The Morgan fingerprint density at radius 1 is 1.12 bits per heavy atom. The van der Waals surface area contributed by atoms with Crippen molar-refractivity contribution in [1.82, 2.24) is 10.6 Å². The Morgan fingerprint density at radius 3 is 2.69 bits per heavy atom. The fraction of sp³-hybridized carbons (Fsp3) is 0.789. The molecule has 13 heteroatoms. The summed E-state index contributed by atoms with van der Waals surface area (Å²) in [5, 5.41) is 44.0. The Hall–Kier alpha value is -2.45. The van der Waals surface area contributed by atoms with E-state index < -0.39 is 45.3 Å². The van der Waals surface area contributed by atoms with E-state index in [0.29, 0.717) is 48.5 Å². The van der Waals surface area contributed by atoms with Gasteiger partial charge in [0.05, 0.1) is 29.2 Å². The van der Waals surface area contributed by atoms with Crippen molar-refractivity contribution < 1.29 is 48.7 Å². The second-order valence-electron chi connectivity index (χ2n) is 17.3. The lowest BCUT2D eigenvalue weighted by Gasteiger charge is -2.63. The van der Waals surface area contributed by atoms with Crippen LogP contribution in [0, 0.1) is 22.7 Å². The van der Waals surface area contributed by atoms with Gasteiger partial charge in [0.2, 0.25) is 0 Å². The summed E-state index contributed by atoms with van der Waals surface area (Å²) in [5.74, 6) is -0.569. The van der Waals surface area contributed by atoms with Gasteiger partial charge in [0, 0.05) is 34.8 Å². The van der Waals surface area contributed by atoms with Crippen molar-refractivity contribution in [1.29, 1.82) is 0 Å². The van der Waals surface area contributed by atoms with Crippen LogP contribution in [0.3, 0.4) is 0 Å². The SMILES string of the molecule is CC1=C(COC(=O)CCCCC2SCC3NC(=O)NC32)C[C@H](C(C)(O)[C@]2(O)CC[C@@]3(O)[C@@H]4C[C@H]5O[C@]56CC=CC(=O)[C@]6(C)[C@H]4CC[C@@]32C)OC1=O. The summed E-state index contributed by atoms with van der Waals surface area (Å²) in [7, 11) is 0. The standard InChI is InChI=1S/C38H52N2O10S/c1-20-21(18-48-29(42)10-6-5-8-25-30-24(19-51-25)39-32(44)40-30)16-27(49-31(20)43)35(4,45)38(47)15-14-36(46)23-17-28-37(50-28)12-7-9-26(41)34(37,3)22(23)11-13-33(36,38)2/h7,9,22-25,27-28,30,45-47H,5-6,8,10-19H2,1-4H3,(H2,39,40,44)/t22-,23+,24?,25?,27+,28+,30?,33-,34-,35?,36+,37+,38-/m0/s1. The van der Waals surface area contributed by atoms with E-state index in [9.17, 15) is 34.5 Å². The third kappa shape index (κ3) is 4.79. The van der Waals surface area contributed by atoms with Crippen LogP contribution in [0.1, 0.15) is 98.3 Å². The van der Waals surface area contributed by atoms with Gasteiger partial charge in [0.25, 0.3) is 0 Å². The van der Waals surface area contributed by atoms with Crippen molar-refractivity contribution in [3.05, 3.63) is 23.3 Å². The Bertz CT molecular complexity index is 1610. The number of unbranched alkanes of at least 4 members (excludes halogenated alkanes) is 1. The lowest BCUT2D eigenvalue weighted by molar-refractivity contribution is -0.282. The molecule has 2 amide bonds. The summed E-state index contributed by atoms with van der Waals surface area (Å²) < 4.78 is 17.7. The molecule has 280 valence electrons. The van der Waals surface area contributed by atoms with E-state index in [2.05, 4.69) is 10.6 Å². The first-order valence-corrected chi connectivity index (χ1v) is 19.9. The Morgan fingerprint density at radius 2 is 1.90 bits per heavy atom. The van der Waals surface area contributed by atoms with Crippen molar-refractivity contribution in [3.63, 3.8) is 0 Å². The largest absolute Gasteiger partial charge is 0.461 e. The van der Waals surface area contributed by atoms with Crippen LogP contribution in [-0.4, -0.2) is 103 Å². The van der Waals surface area contributed by atoms with E-state index in [0.717, 1.165) is 18.6 Å². The quantitative estimate of drug-likeness (QED) is 0.102. The Kier molecular flexibility index (Phi) is 8.21. The van der Waals surface area contributed by atoms with Crippen LogP contribution in [0.15, 0.2) is 23.3 Å². The van der Waals surface area contributed by atoms with E-state index >= 15 is 0 Å². The Balaban J connectivity index is 0.919. The normalized spacial score (nSPS) is 47.6. The molecule has 51 heavy (non-hydrogen) atoms. The summed E-state index contributed by atoms with van der Waals surface area (Å²) in [5.41, 5.74) is -6.81. The molecule has 0 aromatic heterocycles. The van der Waals surface area contributed by atoms with Gasteiger partial charge in [-0.3, -0.25) is 9.59 Å². The van der Waals surface area contributed by atoms with Crippen LogP contribution >= 0.6 is 11.8 Å². The number of cyclic esters (lactones) is 1. The molecule has 8 rings (SSSR count). The van der Waals surface area contributed by atoms with Gasteiger partial charge in [-0.25, -0.2) is 9.59 Å². The number of carbonyl (C=O) groups is 4. The molecule has 3 saturated heterocycles. The van der Waals surface area contributed by atoms with Gasteiger partial charge in [0.1, 0.15) is 29.5 Å². The number of carbonyl (C=O) groups excluding carboxylic acids is 4. The first-order chi connectivity index (χ1) is 24.0.